The van der Waals surface area contributed by atoms with Crippen LogP contribution in [0.25, 0.3) is 0 Å². The van der Waals surface area contributed by atoms with Crippen molar-refractivity contribution in [2.24, 2.45) is 0 Å². The number of nitrogens with one attached hydrogen (secondary N) is 2. The number of carbonyl (C=O) groups excluding carboxylic acids is 1. The smallest absolute Gasteiger partial charge is 0.254 e. The molecule has 1 amide bonds. The van der Waals surface area contributed by atoms with Crippen molar-refractivity contribution in [3.05, 3.63) is 21.6 Å². The number of aromatic nitrogens is 2. The summed E-state index contributed by atoms with van der Waals surface area (Å²) in [6.07, 6.45) is 3.49. The Morgan fingerprint density at radius 3 is 2.74 bits per heavy atom. The van der Waals surface area contributed by atoms with Crippen molar-refractivity contribution in [2.75, 3.05) is 6.26 Å². The quantitative estimate of drug-likeness (QED) is 0.615. The summed E-state index contributed by atoms with van der Waals surface area (Å²) in [5, 5.41) is 3.49. The van der Waals surface area contributed by atoms with Gasteiger partial charge in [-0.3, -0.25) is 9.59 Å². The molecule has 2 N–H and O–H groups in total. The van der Waals surface area contributed by atoms with Crippen LogP contribution in [0.3, 0.4) is 0 Å². The predicted octanol–water partition coefficient (Wildman–Crippen LogP) is 1.65. The van der Waals surface area contributed by atoms with Crippen LogP contribution in [0.15, 0.2) is 9.95 Å². The van der Waals surface area contributed by atoms with E-state index in [-0.39, 0.29) is 17.5 Å². The van der Waals surface area contributed by atoms with Gasteiger partial charge in [-0.1, -0.05) is 18.7 Å². The molecule has 0 aliphatic heterocycles. The Bertz CT molecular complexity index is 499. The molecule has 1 atom stereocenters. The fraction of sp³-hybridized carbons (Fsp3) is 0.615. The summed E-state index contributed by atoms with van der Waals surface area (Å²) >= 11 is 1.40. The van der Waals surface area contributed by atoms with Crippen molar-refractivity contribution in [3.63, 3.8) is 0 Å². The first-order valence-electron chi connectivity index (χ1n) is 6.41. The van der Waals surface area contributed by atoms with Gasteiger partial charge >= 0.3 is 0 Å². The van der Waals surface area contributed by atoms with Crippen molar-refractivity contribution in [2.45, 2.75) is 51.2 Å². The third-order valence-electron chi connectivity index (χ3n) is 3.02. The lowest BCUT2D eigenvalue weighted by atomic mass is 10.1. The number of hydrogen-bond acceptors (Lipinski definition) is 4. The topological polar surface area (TPSA) is 74.8 Å². The first-order chi connectivity index (χ1) is 8.97. The zero-order chi connectivity index (χ0) is 14.4. The van der Waals surface area contributed by atoms with Crippen LogP contribution in [-0.4, -0.2) is 28.2 Å². The van der Waals surface area contributed by atoms with Gasteiger partial charge in [0.2, 0.25) is 5.91 Å². The van der Waals surface area contributed by atoms with Crippen LogP contribution in [0.1, 0.15) is 37.9 Å². The molecule has 0 radical (unpaired) electrons. The summed E-state index contributed by atoms with van der Waals surface area (Å²) in [7, 11) is 0. The molecule has 0 fully saturated rings. The van der Waals surface area contributed by atoms with E-state index in [1.54, 1.807) is 6.92 Å². The van der Waals surface area contributed by atoms with E-state index in [4.69, 9.17) is 0 Å². The van der Waals surface area contributed by atoms with Crippen LogP contribution in [0.4, 0.5) is 0 Å². The maximum atomic E-state index is 11.9. The number of hydrogen-bond donors (Lipinski definition) is 2. The zero-order valence-corrected chi connectivity index (χ0v) is 12.7. The van der Waals surface area contributed by atoms with Crippen LogP contribution in [0.2, 0.25) is 0 Å². The Hall–Kier alpha value is -1.30. The van der Waals surface area contributed by atoms with E-state index in [9.17, 15) is 9.59 Å². The molecule has 106 valence electrons. The molecule has 0 spiro atoms. The van der Waals surface area contributed by atoms with Crippen molar-refractivity contribution < 1.29 is 4.79 Å². The van der Waals surface area contributed by atoms with Gasteiger partial charge in [0.25, 0.3) is 5.56 Å². The van der Waals surface area contributed by atoms with Gasteiger partial charge in [0.1, 0.15) is 0 Å². The summed E-state index contributed by atoms with van der Waals surface area (Å²) in [6.45, 7) is 5.78. The summed E-state index contributed by atoms with van der Waals surface area (Å²) in [6, 6.07) is 0.170. The Kier molecular flexibility index (Phi) is 6.08. The summed E-state index contributed by atoms with van der Waals surface area (Å²) in [5.74, 6) is -0.0258. The summed E-state index contributed by atoms with van der Waals surface area (Å²) < 4.78 is 0. The molecule has 1 unspecified atom stereocenters. The standard InChI is InChI=1S/C13H21N3O2S/c1-5-8(2)14-11(17)7-6-10-9(3)15-13(19-4)16-12(10)18/h8H,5-7H2,1-4H3,(H,14,17)(H,15,16,18). The van der Waals surface area contributed by atoms with Crippen LogP contribution >= 0.6 is 11.8 Å². The maximum Gasteiger partial charge on any atom is 0.254 e. The second-order valence-corrected chi connectivity index (χ2v) is 5.31. The minimum absolute atomic E-state index is 0.0258. The van der Waals surface area contributed by atoms with Gasteiger partial charge < -0.3 is 10.3 Å². The molecule has 0 saturated carbocycles. The Morgan fingerprint density at radius 2 is 2.21 bits per heavy atom. The lowest BCUT2D eigenvalue weighted by molar-refractivity contribution is -0.121. The van der Waals surface area contributed by atoms with Crippen molar-refractivity contribution in [1.82, 2.24) is 15.3 Å². The molecular formula is C13H21N3O2S. The predicted molar refractivity (Wildman–Crippen MR) is 77.6 cm³/mol. The SMILES string of the molecule is CCC(C)NC(=O)CCc1c(C)nc(SC)[nH]c1=O. The van der Waals surface area contributed by atoms with E-state index < -0.39 is 0 Å². The minimum Gasteiger partial charge on any atom is -0.354 e. The van der Waals surface area contributed by atoms with E-state index in [1.807, 2.05) is 20.1 Å². The number of carbonyl (C=O) groups is 1. The first-order valence-corrected chi connectivity index (χ1v) is 7.63. The van der Waals surface area contributed by atoms with Crippen molar-refractivity contribution in [1.29, 1.82) is 0 Å². The Morgan fingerprint density at radius 1 is 1.53 bits per heavy atom. The fourth-order valence-electron chi connectivity index (χ4n) is 1.66. The molecule has 0 bridgehead atoms. The summed E-state index contributed by atoms with van der Waals surface area (Å²) in [5.41, 5.74) is 1.15. The molecule has 5 nitrogen and oxygen atoms in total. The van der Waals surface area contributed by atoms with Crippen LogP contribution in [0, 0.1) is 6.92 Å². The van der Waals surface area contributed by atoms with E-state index in [2.05, 4.69) is 15.3 Å². The minimum atomic E-state index is -0.145. The normalized spacial score (nSPS) is 12.2. The highest BCUT2D eigenvalue weighted by Gasteiger charge is 2.11. The number of thioether (sulfide) groups is 1. The van der Waals surface area contributed by atoms with Gasteiger partial charge in [0, 0.05) is 23.7 Å². The highest BCUT2D eigenvalue weighted by Crippen LogP contribution is 2.09. The van der Waals surface area contributed by atoms with Crippen molar-refractivity contribution in [3.8, 4) is 0 Å². The molecule has 0 saturated heterocycles. The Labute approximate surface area is 117 Å². The lowest BCUT2D eigenvalue weighted by Gasteiger charge is -2.11. The molecule has 0 aromatic carbocycles. The number of rotatable bonds is 6. The van der Waals surface area contributed by atoms with E-state index in [1.165, 1.54) is 11.8 Å². The number of nitrogens with zero attached hydrogens (tertiary/aromatic N) is 1. The molecule has 1 aromatic heterocycles. The third-order valence-corrected chi connectivity index (χ3v) is 3.60. The van der Waals surface area contributed by atoms with Crippen molar-refractivity contribution >= 4 is 17.7 Å². The van der Waals surface area contributed by atoms with Crippen LogP contribution < -0.4 is 10.9 Å². The van der Waals surface area contributed by atoms with Gasteiger partial charge in [0.15, 0.2) is 5.16 Å². The van der Waals surface area contributed by atoms with Gasteiger partial charge in [0.05, 0.1) is 0 Å². The first kappa shape index (κ1) is 15.8. The molecule has 1 aromatic rings. The lowest BCUT2D eigenvalue weighted by Crippen LogP contribution is -2.32. The molecule has 1 rings (SSSR count). The van der Waals surface area contributed by atoms with Gasteiger partial charge in [-0.25, -0.2) is 4.98 Å². The second-order valence-electron chi connectivity index (χ2n) is 4.52. The number of aromatic amines is 1. The van der Waals surface area contributed by atoms with Crippen LogP contribution in [0.5, 0.6) is 0 Å². The number of aryl methyl sites for hydroxylation is 1. The fourth-order valence-corrected chi connectivity index (χ4v) is 2.09. The molecule has 1 heterocycles. The van der Waals surface area contributed by atoms with E-state index >= 15 is 0 Å². The highest BCUT2D eigenvalue weighted by molar-refractivity contribution is 7.98. The van der Waals surface area contributed by atoms with Gasteiger partial charge in [-0.15, -0.1) is 0 Å². The maximum absolute atomic E-state index is 11.9. The Balaban J connectivity index is 2.68. The summed E-state index contributed by atoms with van der Waals surface area (Å²) in [4.78, 5) is 30.5. The highest BCUT2D eigenvalue weighted by atomic mass is 32.2. The molecular weight excluding hydrogens is 262 g/mol. The molecule has 0 aliphatic rings. The number of H-pyrrole nitrogens is 1. The second kappa shape index (κ2) is 7.33. The molecule has 0 aliphatic carbocycles. The van der Waals surface area contributed by atoms with E-state index in [0.717, 1.165) is 6.42 Å². The van der Waals surface area contributed by atoms with E-state index in [0.29, 0.717) is 29.3 Å². The molecule has 19 heavy (non-hydrogen) atoms. The average molecular weight is 283 g/mol. The number of amides is 1. The van der Waals surface area contributed by atoms with Crippen LogP contribution in [-0.2, 0) is 11.2 Å². The largest absolute Gasteiger partial charge is 0.354 e. The van der Waals surface area contributed by atoms with Gasteiger partial charge in [-0.2, -0.15) is 0 Å². The average Bonchev–Trinajstić information content (AvgIpc) is 2.37. The van der Waals surface area contributed by atoms with Gasteiger partial charge in [-0.05, 0) is 32.9 Å². The monoisotopic (exact) mass is 283 g/mol. The third kappa shape index (κ3) is 4.70. The zero-order valence-electron chi connectivity index (χ0n) is 11.9. The molecule has 6 heteroatoms.